The zero-order valence-electron chi connectivity index (χ0n) is 14.6. The van der Waals surface area contributed by atoms with E-state index in [0.29, 0.717) is 18.7 Å². The Morgan fingerprint density at radius 1 is 0.875 bits per heavy atom. The maximum absolute atomic E-state index is 11.8. The first-order valence-electron chi connectivity index (χ1n) is 7.60. The van der Waals surface area contributed by atoms with Crippen molar-refractivity contribution in [3.05, 3.63) is 18.2 Å². The predicted molar refractivity (Wildman–Crippen MR) is 89.9 cm³/mol. The van der Waals surface area contributed by atoms with Crippen LogP contribution in [0.25, 0.3) is 0 Å². The lowest BCUT2D eigenvalue weighted by molar-refractivity contribution is -0.126. The van der Waals surface area contributed by atoms with E-state index in [1.54, 1.807) is 0 Å². The molecule has 1 aromatic rings. The summed E-state index contributed by atoms with van der Waals surface area (Å²) < 4.78 is 5.62. The van der Waals surface area contributed by atoms with Crippen molar-refractivity contribution in [1.29, 1.82) is 0 Å². The van der Waals surface area contributed by atoms with E-state index in [-0.39, 0.29) is 11.4 Å². The number of hydrogen-bond acceptors (Lipinski definition) is 5. The molecule has 0 bridgehead atoms. The van der Waals surface area contributed by atoms with Gasteiger partial charge in [-0.25, -0.2) is 4.90 Å². The highest BCUT2D eigenvalue weighted by Crippen LogP contribution is 2.33. The van der Waals surface area contributed by atoms with Gasteiger partial charge < -0.3 is 4.74 Å². The fourth-order valence-corrected chi connectivity index (χ4v) is 2.30. The van der Waals surface area contributed by atoms with Crippen LogP contribution in [0.4, 0.5) is 11.4 Å². The summed E-state index contributed by atoms with van der Waals surface area (Å²) in [6.07, 6.45) is 0.715. The van der Waals surface area contributed by atoms with Crippen LogP contribution in [0, 0.1) is 0 Å². The van der Waals surface area contributed by atoms with Crippen molar-refractivity contribution in [2.75, 3.05) is 16.4 Å². The van der Waals surface area contributed by atoms with E-state index in [1.165, 1.54) is 45.9 Å². The molecule has 4 amide bonds. The first kappa shape index (κ1) is 19.3. The first-order chi connectivity index (χ1) is 11.2. The fraction of sp³-hybridized carbons (Fsp3) is 0.412. The smallest absolute Gasteiger partial charge is 0.230 e. The predicted octanol–water partition coefficient (Wildman–Crippen LogP) is 2.27. The summed E-state index contributed by atoms with van der Waals surface area (Å²) in [5.41, 5.74) is 0.594. The van der Waals surface area contributed by atoms with Gasteiger partial charge in [-0.15, -0.1) is 0 Å². The Labute approximate surface area is 141 Å². The van der Waals surface area contributed by atoms with Crippen LogP contribution < -0.4 is 14.5 Å². The minimum Gasteiger partial charge on any atom is -0.491 e. The monoisotopic (exact) mass is 334 g/mol. The van der Waals surface area contributed by atoms with Gasteiger partial charge in [0.15, 0.2) is 0 Å². The average Bonchev–Trinajstić information content (AvgIpc) is 2.45. The highest BCUT2D eigenvalue weighted by Gasteiger charge is 2.23. The molecule has 1 rings (SSSR count). The summed E-state index contributed by atoms with van der Waals surface area (Å²) in [6.45, 7) is 7.38. The highest BCUT2D eigenvalue weighted by atomic mass is 16.5. The third-order valence-corrected chi connectivity index (χ3v) is 3.16. The molecule has 0 aliphatic heterocycles. The molecule has 0 spiro atoms. The summed E-state index contributed by atoms with van der Waals surface area (Å²) in [6, 6.07) is 4.46. The van der Waals surface area contributed by atoms with Crippen LogP contribution in [0.1, 0.15) is 41.0 Å². The van der Waals surface area contributed by atoms with Gasteiger partial charge in [-0.2, -0.15) is 0 Å². The van der Waals surface area contributed by atoms with E-state index in [1.807, 2.05) is 6.92 Å². The zero-order valence-corrected chi connectivity index (χ0v) is 14.6. The number of rotatable bonds is 5. The number of hydrogen-bond donors (Lipinski definition) is 0. The Morgan fingerprint density at radius 3 is 1.79 bits per heavy atom. The summed E-state index contributed by atoms with van der Waals surface area (Å²) in [5, 5.41) is 0. The van der Waals surface area contributed by atoms with E-state index in [0.717, 1.165) is 9.80 Å². The van der Waals surface area contributed by atoms with Gasteiger partial charge in [-0.1, -0.05) is 6.92 Å². The van der Waals surface area contributed by atoms with Gasteiger partial charge in [0.05, 0.1) is 18.0 Å². The summed E-state index contributed by atoms with van der Waals surface area (Å²) in [5.74, 6) is -1.52. The molecule has 0 N–H and O–H groups in total. The number of ether oxygens (including phenoxy) is 1. The topological polar surface area (TPSA) is 84.0 Å². The first-order valence-corrected chi connectivity index (χ1v) is 7.60. The van der Waals surface area contributed by atoms with Crippen LogP contribution in [-0.2, 0) is 19.2 Å². The molecule has 0 aliphatic carbocycles. The van der Waals surface area contributed by atoms with Gasteiger partial charge in [0.25, 0.3) is 0 Å². The molecule has 1 aromatic carbocycles. The van der Waals surface area contributed by atoms with E-state index >= 15 is 0 Å². The van der Waals surface area contributed by atoms with Crippen LogP contribution in [-0.4, -0.2) is 30.2 Å². The number of anilines is 2. The third kappa shape index (κ3) is 4.41. The average molecular weight is 334 g/mol. The minimum atomic E-state index is -0.452. The molecule has 0 saturated carbocycles. The van der Waals surface area contributed by atoms with E-state index in [2.05, 4.69) is 0 Å². The van der Waals surface area contributed by atoms with Crippen LogP contribution >= 0.6 is 0 Å². The van der Waals surface area contributed by atoms with Crippen LogP contribution in [0.5, 0.6) is 5.75 Å². The van der Waals surface area contributed by atoms with E-state index in [9.17, 15) is 19.2 Å². The molecule has 0 aromatic heterocycles. The minimum absolute atomic E-state index is 0.257. The second-order valence-corrected chi connectivity index (χ2v) is 5.25. The van der Waals surface area contributed by atoms with Crippen molar-refractivity contribution in [3.63, 3.8) is 0 Å². The normalized spacial score (nSPS) is 10.0. The van der Waals surface area contributed by atoms with Gasteiger partial charge in [-0.05, 0) is 18.6 Å². The Morgan fingerprint density at radius 2 is 1.38 bits per heavy atom. The molecule has 0 fully saturated rings. The third-order valence-electron chi connectivity index (χ3n) is 3.16. The molecular weight excluding hydrogens is 312 g/mol. The van der Waals surface area contributed by atoms with Crippen molar-refractivity contribution in [1.82, 2.24) is 0 Å². The maximum Gasteiger partial charge on any atom is 0.230 e. The number of benzene rings is 1. The quantitative estimate of drug-likeness (QED) is 0.825. The van der Waals surface area contributed by atoms with Crippen molar-refractivity contribution in [2.45, 2.75) is 41.0 Å². The summed E-state index contributed by atoms with van der Waals surface area (Å²) >= 11 is 0. The second-order valence-electron chi connectivity index (χ2n) is 5.25. The van der Waals surface area contributed by atoms with Gasteiger partial charge in [0.2, 0.25) is 23.6 Å². The highest BCUT2D eigenvalue weighted by molar-refractivity contribution is 6.15. The molecule has 0 unspecified atom stereocenters. The van der Waals surface area contributed by atoms with Gasteiger partial charge in [-0.3, -0.25) is 24.1 Å². The van der Waals surface area contributed by atoms with E-state index < -0.39 is 23.6 Å². The van der Waals surface area contributed by atoms with Crippen molar-refractivity contribution >= 4 is 35.0 Å². The lowest BCUT2D eigenvalue weighted by Gasteiger charge is -2.23. The molecule has 7 nitrogen and oxygen atoms in total. The maximum atomic E-state index is 11.8. The van der Waals surface area contributed by atoms with Crippen LogP contribution in [0.2, 0.25) is 0 Å². The number of nitrogens with zero attached hydrogens (tertiary/aromatic N) is 2. The Kier molecular flexibility index (Phi) is 6.64. The fourth-order valence-electron chi connectivity index (χ4n) is 2.30. The van der Waals surface area contributed by atoms with Gasteiger partial charge in [0, 0.05) is 33.8 Å². The number of carbonyl (C=O) groups excluding carboxylic acids is 4. The van der Waals surface area contributed by atoms with Crippen LogP contribution in [0.15, 0.2) is 18.2 Å². The van der Waals surface area contributed by atoms with Gasteiger partial charge in [0.1, 0.15) is 5.75 Å². The van der Waals surface area contributed by atoms with Crippen molar-refractivity contribution < 1.29 is 23.9 Å². The summed E-state index contributed by atoms with van der Waals surface area (Å²) in [7, 11) is 0. The lowest BCUT2D eigenvalue weighted by Crippen LogP contribution is -2.34. The Balaban J connectivity index is 3.46. The van der Waals surface area contributed by atoms with Crippen molar-refractivity contribution in [2.24, 2.45) is 0 Å². The molecule has 0 heterocycles. The summed E-state index contributed by atoms with van der Waals surface area (Å²) in [4.78, 5) is 48.9. The number of carbonyl (C=O) groups is 4. The molecule has 0 saturated heterocycles. The molecule has 130 valence electrons. The SMILES string of the molecule is CCCOc1cc(N(C(C)=O)C(C)=O)ccc1N(C(C)=O)C(C)=O. The Hall–Kier alpha value is -2.70. The zero-order chi connectivity index (χ0) is 18.4. The number of amides is 4. The molecular formula is C17H22N2O5. The molecule has 7 heteroatoms. The number of imide groups is 2. The van der Waals surface area contributed by atoms with Gasteiger partial charge >= 0.3 is 0 Å². The molecule has 24 heavy (non-hydrogen) atoms. The molecule has 0 atom stereocenters. The van der Waals surface area contributed by atoms with Crippen LogP contribution in [0.3, 0.4) is 0 Å². The Bertz CT molecular complexity index is 641. The molecule has 0 radical (unpaired) electrons. The second kappa shape index (κ2) is 8.24. The van der Waals surface area contributed by atoms with Crippen molar-refractivity contribution in [3.8, 4) is 5.75 Å². The molecule has 0 aliphatic rings. The van der Waals surface area contributed by atoms with E-state index in [4.69, 9.17) is 4.74 Å². The standard InChI is InChI=1S/C17H22N2O5/c1-6-9-24-17-10-15(18(11(2)20)12(3)21)7-8-16(17)19(13(4)22)14(5)23/h7-8,10H,6,9H2,1-5H3. The lowest BCUT2D eigenvalue weighted by atomic mass is 10.2. The largest absolute Gasteiger partial charge is 0.491 e.